The van der Waals surface area contributed by atoms with Crippen LogP contribution in [0.15, 0.2) is 66.2 Å². The van der Waals surface area contributed by atoms with Crippen LogP contribution in [-0.2, 0) is 9.59 Å². The van der Waals surface area contributed by atoms with E-state index in [9.17, 15) is 19.1 Å². The summed E-state index contributed by atoms with van der Waals surface area (Å²) >= 11 is 0. The number of carbonyl (C=O) groups excluding carboxylic acids is 2. The third-order valence-electron chi connectivity index (χ3n) is 6.13. The summed E-state index contributed by atoms with van der Waals surface area (Å²) in [5, 5.41) is 11.3. The maximum atomic E-state index is 14.1. The van der Waals surface area contributed by atoms with Gasteiger partial charge in [-0.15, -0.1) is 0 Å². The van der Waals surface area contributed by atoms with Crippen molar-refractivity contribution in [2.24, 2.45) is 0 Å². The van der Waals surface area contributed by atoms with E-state index in [2.05, 4.69) is 0 Å². The predicted octanol–water partition coefficient (Wildman–Crippen LogP) is 5.09. The first-order valence-corrected chi connectivity index (χ1v) is 10.6. The molecule has 174 valence electrons. The molecule has 0 spiro atoms. The molecule has 1 amide bonds. The van der Waals surface area contributed by atoms with Crippen molar-refractivity contribution in [1.82, 2.24) is 0 Å². The van der Waals surface area contributed by atoms with Crippen molar-refractivity contribution >= 4 is 23.1 Å². The SMILES string of the molecule is COc1ccc(C2/C(=C(\O)c3cc(F)ccc3OC)C(=O)C(=O)N2c2cccc(C)c2C)cc1. The number of carbonyl (C=O) groups is 2. The maximum absolute atomic E-state index is 14.1. The molecule has 1 fully saturated rings. The van der Waals surface area contributed by atoms with Crippen molar-refractivity contribution in [2.75, 3.05) is 19.1 Å². The predicted molar refractivity (Wildman–Crippen MR) is 127 cm³/mol. The summed E-state index contributed by atoms with van der Waals surface area (Å²) in [7, 11) is 2.91. The van der Waals surface area contributed by atoms with E-state index >= 15 is 0 Å². The summed E-state index contributed by atoms with van der Waals surface area (Å²) in [6.45, 7) is 3.78. The fourth-order valence-corrected chi connectivity index (χ4v) is 4.19. The lowest BCUT2D eigenvalue weighted by Gasteiger charge is -2.27. The number of hydrogen-bond donors (Lipinski definition) is 1. The topological polar surface area (TPSA) is 76.1 Å². The number of amides is 1. The quantitative estimate of drug-likeness (QED) is 0.326. The Balaban J connectivity index is 2.01. The summed E-state index contributed by atoms with van der Waals surface area (Å²) in [4.78, 5) is 28.0. The highest BCUT2D eigenvalue weighted by Crippen LogP contribution is 2.44. The summed E-state index contributed by atoms with van der Waals surface area (Å²) in [5.41, 5.74) is 2.73. The van der Waals surface area contributed by atoms with E-state index in [-0.39, 0.29) is 16.9 Å². The molecule has 3 aromatic rings. The summed E-state index contributed by atoms with van der Waals surface area (Å²) < 4.78 is 24.6. The van der Waals surface area contributed by atoms with Gasteiger partial charge < -0.3 is 14.6 Å². The minimum atomic E-state index is -0.945. The third-order valence-corrected chi connectivity index (χ3v) is 6.13. The van der Waals surface area contributed by atoms with Gasteiger partial charge in [0.25, 0.3) is 11.7 Å². The van der Waals surface area contributed by atoms with Crippen LogP contribution in [0.1, 0.15) is 28.3 Å². The van der Waals surface area contributed by atoms with E-state index in [0.717, 1.165) is 17.2 Å². The number of hydrogen-bond acceptors (Lipinski definition) is 5. The first kappa shape index (κ1) is 23.0. The van der Waals surface area contributed by atoms with Crippen LogP contribution in [0, 0.1) is 19.7 Å². The Morgan fingerprint density at radius 1 is 0.971 bits per heavy atom. The first-order valence-electron chi connectivity index (χ1n) is 10.6. The zero-order valence-corrected chi connectivity index (χ0v) is 19.3. The van der Waals surface area contributed by atoms with Gasteiger partial charge in [-0.1, -0.05) is 24.3 Å². The Labute approximate surface area is 196 Å². The lowest BCUT2D eigenvalue weighted by molar-refractivity contribution is -0.132. The van der Waals surface area contributed by atoms with Gasteiger partial charge in [0.2, 0.25) is 0 Å². The highest BCUT2D eigenvalue weighted by Gasteiger charge is 2.47. The average Bonchev–Trinajstić information content (AvgIpc) is 3.10. The molecule has 1 N–H and O–H groups in total. The summed E-state index contributed by atoms with van der Waals surface area (Å²) in [6.07, 6.45) is 0. The molecular formula is C27H24FNO5. The number of methoxy groups -OCH3 is 2. The summed E-state index contributed by atoms with van der Waals surface area (Å²) in [5.74, 6) is -2.02. The monoisotopic (exact) mass is 461 g/mol. The van der Waals surface area contributed by atoms with E-state index in [1.165, 1.54) is 31.3 Å². The molecule has 0 aromatic heterocycles. The lowest BCUT2D eigenvalue weighted by Crippen LogP contribution is -2.30. The van der Waals surface area contributed by atoms with E-state index < -0.39 is 29.3 Å². The molecule has 1 aliphatic heterocycles. The van der Waals surface area contributed by atoms with Gasteiger partial charge in [-0.2, -0.15) is 0 Å². The Morgan fingerprint density at radius 2 is 1.68 bits per heavy atom. The number of halogens is 1. The molecule has 0 saturated carbocycles. The molecular weight excluding hydrogens is 437 g/mol. The highest BCUT2D eigenvalue weighted by molar-refractivity contribution is 6.51. The smallest absolute Gasteiger partial charge is 0.300 e. The Bertz CT molecular complexity index is 1310. The van der Waals surface area contributed by atoms with Gasteiger partial charge in [0.05, 0.1) is 31.4 Å². The van der Waals surface area contributed by atoms with Gasteiger partial charge >= 0.3 is 0 Å². The van der Waals surface area contributed by atoms with Gasteiger partial charge in [-0.05, 0) is 66.9 Å². The number of rotatable bonds is 5. The zero-order valence-electron chi connectivity index (χ0n) is 19.3. The fourth-order valence-electron chi connectivity index (χ4n) is 4.19. The Morgan fingerprint density at radius 3 is 2.32 bits per heavy atom. The maximum Gasteiger partial charge on any atom is 0.300 e. The Kier molecular flexibility index (Phi) is 6.11. The molecule has 0 bridgehead atoms. The molecule has 34 heavy (non-hydrogen) atoms. The number of aryl methyl sites for hydroxylation is 1. The molecule has 1 aliphatic rings. The first-order chi connectivity index (χ1) is 16.3. The van der Waals surface area contributed by atoms with Crippen LogP contribution in [0.5, 0.6) is 11.5 Å². The number of Topliss-reactive ketones (excluding diaryl/α,β-unsaturated/α-hetero) is 1. The van der Waals surface area contributed by atoms with Crippen LogP contribution >= 0.6 is 0 Å². The second kappa shape index (κ2) is 9.02. The zero-order chi connectivity index (χ0) is 24.6. The van der Waals surface area contributed by atoms with Crippen molar-refractivity contribution in [3.8, 4) is 11.5 Å². The molecule has 4 rings (SSSR count). The summed E-state index contributed by atoms with van der Waals surface area (Å²) in [6, 6.07) is 15.0. The largest absolute Gasteiger partial charge is 0.507 e. The molecule has 3 aromatic carbocycles. The molecule has 7 heteroatoms. The van der Waals surface area contributed by atoms with Crippen LogP contribution in [0.4, 0.5) is 10.1 Å². The van der Waals surface area contributed by atoms with E-state index in [1.807, 2.05) is 19.9 Å². The molecule has 6 nitrogen and oxygen atoms in total. The normalized spacial score (nSPS) is 17.2. The standard InChI is InChI=1S/C27H24FNO5/c1-15-6-5-7-21(16(15)2)29-24(17-8-11-19(33-3)12-9-17)23(26(31)27(29)32)25(30)20-14-18(28)10-13-22(20)34-4/h5-14,24,30H,1-4H3/b25-23+. The van der Waals surface area contributed by atoms with Crippen molar-refractivity contribution < 1.29 is 28.6 Å². The minimum Gasteiger partial charge on any atom is -0.507 e. The molecule has 1 unspecified atom stereocenters. The molecule has 0 aliphatic carbocycles. The van der Waals surface area contributed by atoms with E-state index in [4.69, 9.17) is 9.47 Å². The third kappa shape index (κ3) is 3.79. The van der Waals surface area contributed by atoms with Crippen LogP contribution in [0.3, 0.4) is 0 Å². The molecule has 1 atom stereocenters. The van der Waals surface area contributed by atoms with Crippen LogP contribution in [-0.4, -0.2) is 31.0 Å². The molecule has 0 radical (unpaired) electrons. The van der Waals surface area contributed by atoms with Crippen LogP contribution in [0.25, 0.3) is 5.76 Å². The number of aliphatic hydroxyl groups is 1. The van der Waals surface area contributed by atoms with Crippen molar-refractivity contribution in [3.63, 3.8) is 0 Å². The number of benzene rings is 3. The van der Waals surface area contributed by atoms with Gasteiger partial charge in [0.15, 0.2) is 0 Å². The number of nitrogens with zero attached hydrogens (tertiary/aromatic N) is 1. The molecule has 1 heterocycles. The Hall–Kier alpha value is -4.13. The molecule has 1 saturated heterocycles. The van der Waals surface area contributed by atoms with Gasteiger partial charge in [0.1, 0.15) is 23.1 Å². The average molecular weight is 461 g/mol. The fraction of sp³-hybridized carbons (Fsp3) is 0.185. The number of ketones is 1. The second-order valence-corrected chi connectivity index (χ2v) is 8.01. The second-order valence-electron chi connectivity index (χ2n) is 8.01. The van der Waals surface area contributed by atoms with Gasteiger partial charge in [-0.3, -0.25) is 14.5 Å². The van der Waals surface area contributed by atoms with Gasteiger partial charge in [-0.25, -0.2) is 4.39 Å². The lowest BCUT2D eigenvalue weighted by atomic mass is 9.94. The minimum absolute atomic E-state index is 0.0139. The van der Waals surface area contributed by atoms with Crippen LogP contribution < -0.4 is 14.4 Å². The van der Waals surface area contributed by atoms with Crippen molar-refractivity contribution in [2.45, 2.75) is 19.9 Å². The highest BCUT2D eigenvalue weighted by atomic mass is 19.1. The number of ether oxygens (including phenoxy) is 2. The van der Waals surface area contributed by atoms with Gasteiger partial charge in [0, 0.05) is 5.69 Å². The number of anilines is 1. The van der Waals surface area contributed by atoms with Crippen molar-refractivity contribution in [1.29, 1.82) is 0 Å². The number of aliphatic hydroxyl groups excluding tert-OH is 1. The van der Waals surface area contributed by atoms with Crippen molar-refractivity contribution in [3.05, 3.63) is 94.3 Å². The van der Waals surface area contributed by atoms with E-state index in [0.29, 0.717) is 17.0 Å². The van der Waals surface area contributed by atoms with E-state index in [1.54, 1.807) is 36.4 Å². The van der Waals surface area contributed by atoms with Crippen LogP contribution in [0.2, 0.25) is 0 Å².